The van der Waals surface area contributed by atoms with Crippen LogP contribution in [0.3, 0.4) is 0 Å². The molecule has 108 valence electrons. The van der Waals surface area contributed by atoms with Crippen molar-refractivity contribution in [2.24, 2.45) is 0 Å². The van der Waals surface area contributed by atoms with Gasteiger partial charge >= 0.3 is 6.18 Å². The normalized spacial score (nSPS) is 13.4. The summed E-state index contributed by atoms with van der Waals surface area (Å²) in [5, 5.41) is 3.26. The van der Waals surface area contributed by atoms with Crippen LogP contribution in [-0.4, -0.2) is 19.3 Å². The first-order chi connectivity index (χ1) is 8.83. The van der Waals surface area contributed by atoms with Gasteiger partial charge in [0.15, 0.2) is 0 Å². The maximum absolute atomic E-state index is 12.0. The number of hydrogen-bond donors (Lipinski definition) is 1. The van der Waals surface area contributed by atoms with E-state index in [1.54, 1.807) is 6.07 Å². The van der Waals surface area contributed by atoms with E-state index in [9.17, 15) is 13.2 Å². The summed E-state index contributed by atoms with van der Waals surface area (Å²) in [6.07, 6.45) is -5.14. The van der Waals surface area contributed by atoms with E-state index in [0.29, 0.717) is 10.2 Å². The van der Waals surface area contributed by atoms with Crippen molar-refractivity contribution >= 4 is 15.9 Å². The molecule has 19 heavy (non-hydrogen) atoms. The smallest absolute Gasteiger partial charge is 0.392 e. The Bertz CT molecular complexity index is 409. The molecule has 0 fully saturated rings. The highest BCUT2D eigenvalue weighted by molar-refractivity contribution is 9.10. The van der Waals surface area contributed by atoms with Gasteiger partial charge in [-0.15, -0.1) is 0 Å². The second-order valence-corrected chi connectivity index (χ2v) is 5.04. The van der Waals surface area contributed by atoms with Crippen LogP contribution in [0, 0.1) is 0 Å². The van der Waals surface area contributed by atoms with Gasteiger partial charge in [-0.25, -0.2) is 0 Å². The lowest BCUT2D eigenvalue weighted by molar-refractivity contribution is -0.139. The van der Waals surface area contributed by atoms with Gasteiger partial charge < -0.3 is 10.1 Å². The Balaban J connectivity index is 2.62. The lowest BCUT2D eigenvalue weighted by Gasteiger charge is -2.15. The van der Waals surface area contributed by atoms with Crippen LogP contribution in [0.1, 0.15) is 31.9 Å². The molecular weight excluding hydrogens is 323 g/mol. The quantitative estimate of drug-likeness (QED) is 0.826. The van der Waals surface area contributed by atoms with Crippen LogP contribution in [0.4, 0.5) is 13.2 Å². The molecule has 1 aromatic carbocycles. The van der Waals surface area contributed by atoms with Crippen LogP contribution in [0.15, 0.2) is 22.7 Å². The molecule has 0 heterocycles. The molecule has 0 radical (unpaired) electrons. The average molecular weight is 340 g/mol. The van der Waals surface area contributed by atoms with E-state index < -0.39 is 12.6 Å². The van der Waals surface area contributed by atoms with Gasteiger partial charge in [-0.2, -0.15) is 13.2 Å². The molecule has 1 unspecified atom stereocenters. The Hall–Kier alpha value is -0.750. The van der Waals surface area contributed by atoms with Crippen molar-refractivity contribution in [2.75, 3.05) is 13.2 Å². The molecule has 0 amide bonds. The van der Waals surface area contributed by atoms with Crippen molar-refractivity contribution in [3.05, 3.63) is 28.2 Å². The molecule has 6 heteroatoms. The van der Waals surface area contributed by atoms with Gasteiger partial charge in [-0.1, -0.05) is 13.0 Å². The third-order valence-corrected chi connectivity index (χ3v) is 3.23. The minimum absolute atomic E-state index is 0.186. The fourth-order valence-corrected chi connectivity index (χ4v) is 2.12. The molecule has 0 aliphatic rings. The van der Waals surface area contributed by atoms with Gasteiger partial charge in [0.25, 0.3) is 0 Å². The number of ether oxygens (including phenoxy) is 1. The first-order valence-corrected chi connectivity index (χ1v) is 6.85. The van der Waals surface area contributed by atoms with E-state index >= 15 is 0 Å². The molecular formula is C13H17BrF3NO. The van der Waals surface area contributed by atoms with Crippen LogP contribution in [0.25, 0.3) is 0 Å². The Labute approximate surface area is 119 Å². The zero-order chi connectivity index (χ0) is 14.5. The predicted molar refractivity (Wildman–Crippen MR) is 72.4 cm³/mol. The molecule has 1 atom stereocenters. The van der Waals surface area contributed by atoms with E-state index in [1.807, 2.05) is 26.0 Å². The fourth-order valence-electron chi connectivity index (χ4n) is 1.60. The number of rotatable bonds is 6. The van der Waals surface area contributed by atoms with Crippen molar-refractivity contribution in [3.63, 3.8) is 0 Å². The predicted octanol–water partition coefficient (Wildman–Crippen LogP) is 4.45. The standard InChI is InChI=1S/C13H17BrF3NO/c1-3-18-9(2)10-4-5-12(11(14)8-10)19-7-6-13(15,16)17/h4-5,8-9,18H,3,6-7H2,1-2H3. The van der Waals surface area contributed by atoms with Crippen molar-refractivity contribution in [3.8, 4) is 5.75 Å². The molecule has 0 aliphatic heterocycles. The molecule has 2 nitrogen and oxygen atoms in total. The molecule has 1 N–H and O–H groups in total. The van der Waals surface area contributed by atoms with Crippen molar-refractivity contribution in [2.45, 2.75) is 32.5 Å². The van der Waals surface area contributed by atoms with Crippen molar-refractivity contribution in [1.82, 2.24) is 5.32 Å². The fraction of sp³-hybridized carbons (Fsp3) is 0.538. The summed E-state index contributed by atoms with van der Waals surface area (Å²) in [7, 11) is 0. The molecule has 0 spiro atoms. The van der Waals surface area contributed by atoms with E-state index in [4.69, 9.17) is 4.74 Å². The summed E-state index contributed by atoms with van der Waals surface area (Å²) >= 11 is 3.31. The van der Waals surface area contributed by atoms with Gasteiger partial charge in [0, 0.05) is 6.04 Å². The first kappa shape index (κ1) is 16.3. The molecule has 1 rings (SSSR count). The maximum atomic E-state index is 12.0. The summed E-state index contributed by atoms with van der Waals surface area (Å²) in [6, 6.07) is 5.58. The maximum Gasteiger partial charge on any atom is 0.392 e. The van der Waals surface area contributed by atoms with E-state index in [0.717, 1.165) is 12.1 Å². The molecule has 0 bridgehead atoms. The summed E-state index contributed by atoms with van der Waals surface area (Å²) in [6.45, 7) is 4.52. The van der Waals surface area contributed by atoms with E-state index in [-0.39, 0.29) is 12.6 Å². The number of nitrogens with one attached hydrogen (secondary N) is 1. The van der Waals surface area contributed by atoms with Crippen molar-refractivity contribution < 1.29 is 17.9 Å². The van der Waals surface area contributed by atoms with Gasteiger partial charge in [0.2, 0.25) is 0 Å². The topological polar surface area (TPSA) is 21.3 Å². The van der Waals surface area contributed by atoms with Gasteiger partial charge in [0.05, 0.1) is 17.5 Å². The van der Waals surface area contributed by atoms with Crippen LogP contribution in [-0.2, 0) is 0 Å². The first-order valence-electron chi connectivity index (χ1n) is 6.06. The number of alkyl halides is 3. The third kappa shape index (κ3) is 5.82. The minimum Gasteiger partial charge on any atom is -0.492 e. The molecule has 0 saturated heterocycles. The highest BCUT2D eigenvalue weighted by atomic mass is 79.9. The second-order valence-electron chi connectivity index (χ2n) is 4.18. The third-order valence-electron chi connectivity index (χ3n) is 2.61. The van der Waals surface area contributed by atoms with Crippen molar-refractivity contribution in [1.29, 1.82) is 0 Å². The zero-order valence-electron chi connectivity index (χ0n) is 10.9. The lowest BCUT2D eigenvalue weighted by Crippen LogP contribution is -2.17. The Morgan fingerprint density at radius 1 is 1.37 bits per heavy atom. The van der Waals surface area contributed by atoms with Gasteiger partial charge in [0.1, 0.15) is 5.75 Å². The summed E-state index contributed by atoms with van der Waals surface area (Å²) in [5.74, 6) is 0.427. The van der Waals surface area contributed by atoms with Crippen LogP contribution in [0.5, 0.6) is 5.75 Å². The molecule has 0 aromatic heterocycles. The van der Waals surface area contributed by atoms with Gasteiger partial charge in [-0.3, -0.25) is 0 Å². The lowest BCUT2D eigenvalue weighted by atomic mass is 10.1. The second kappa shape index (κ2) is 7.14. The highest BCUT2D eigenvalue weighted by Gasteiger charge is 2.26. The SMILES string of the molecule is CCNC(C)c1ccc(OCCC(F)(F)F)c(Br)c1. The highest BCUT2D eigenvalue weighted by Crippen LogP contribution is 2.29. The van der Waals surface area contributed by atoms with Crippen LogP contribution < -0.4 is 10.1 Å². The summed E-state index contributed by atoms with van der Waals surface area (Å²) < 4.78 is 41.8. The number of hydrogen-bond acceptors (Lipinski definition) is 2. The van der Waals surface area contributed by atoms with Gasteiger partial charge in [-0.05, 0) is 47.1 Å². The Morgan fingerprint density at radius 2 is 2.05 bits per heavy atom. The Morgan fingerprint density at radius 3 is 2.58 bits per heavy atom. The number of halogens is 4. The zero-order valence-corrected chi connectivity index (χ0v) is 12.4. The largest absolute Gasteiger partial charge is 0.492 e. The summed E-state index contributed by atoms with van der Waals surface area (Å²) in [5.41, 5.74) is 1.05. The molecule has 1 aromatic rings. The summed E-state index contributed by atoms with van der Waals surface area (Å²) in [4.78, 5) is 0. The molecule has 0 aliphatic carbocycles. The van der Waals surface area contributed by atoms with Crippen LogP contribution >= 0.6 is 15.9 Å². The Kier molecular flexibility index (Phi) is 6.13. The minimum atomic E-state index is -4.19. The number of benzene rings is 1. The average Bonchev–Trinajstić information content (AvgIpc) is 2.30. The van der Waals surface area contributed by atoms with E-state index in [1.165, 1.54) is 0 Å². The van der Waals surface area contributed by atoms with Crippen LogP contribution in [0.2, 0.25) is 0 Å². The van der Waals surface area contributed by atoms with E-state index in [2.05, 4.69) is 21.2 Å². The monoisotopic (exact) mass is 339 g/mol. The molecule has 0 saturated carbocycles.